The average Bonchev–Trinajstić information content (AvgIpc) is 3.00. The van der Waals surface area contributed by atoms with Gasteiger partial charge in [0.2, 0.25) is 8.32 Å². The summed E-state index contributed by atoms with van der Waals surface area (Å²) < 4.78 is 48.1. The Bertz CT molecular complexity index is 1370. The molecule has 1 aliphatic carbocycles. The number of allylic oxidation sites excluding steroid dienone is 1. The number of rotatable bonds is 18. The molecule has 0 spiro atoms. The van der Waals surface area contributed by atoms with E-state index in [-0.39, 0.29) is 37.1 Å². The second kappa shape index (κ2) is 18.8. The largest absolute Gasteiger partial charge is 0.402 e. The molecule has 1 N–H and O–H groups in total. The van der Waals surface area contributed by atoms with E-state index < -0.39 is 37.7 Å². The molecule has 1 aliphatic rings. The molecule has 1 saturated carbocycles. The highest BCUT2D eigenvalue weighted by atomic mass is 32.2. The van der Waals surface area contributed by atoms with Crippen molar-refractivity contribution in [2.24, 2.45) is 17.3 Å². The van der Waals surface area contributed by atoms with Gasteiger partial charge in [0, 0.05) is 32.4 Å². The van der Waals surface area contributed by atoms with Gasteiger partial charge < -0.3 is 19.0 Å². The lowest BCUT2D eigenvalue weighted by molar-refractivity contribution is -0.129. The number of benzene rings is 1. The molecule has 0 aromatic heterocycles. The first-order valence-corrected chi connectivity index (χ1v) is 25.8. The van der Waals surface area contributed by atoms with E-state index in [1.54, 1.807) is 24.3 Å². The van der Waals surface area contributed by atoms with E-state index in [0.29, 0.717) is 41.0 Å². The maximum atomic E-state index is 13.9. The Morgan fingerprint density at radius 2 is 1.67 bits per heavy atom. The first-order valence-electron chi connectivity index (χ1n) is 18.3. The molecule has 1 aromatic rings. The Morgan fingerprint density at radius 3 is 2.20 bits per heavy atom. The zero-order chi connectivity index (χ0) is 37.2. The number of unbranched alkanes of at least 4 members (excludes halogenated alkanes) is 1. The maximum Gasteiger partial charge on any atom is 0.202 e. The first-order chi connectivity index (χ1) is 22.7. The lowest BCUT2D eigenvalue weighted by atomic mass is 9.60. The maximum absolute atomic E-state index is 13.9. The summed E-state index contributed by atoms with van der Waals surface area (Å²) >= 11 is 0. The van der Waals surface area contributed by atoms with Crippen LogP contribution in [0.5, 0.6) is 0 Å². The fourth-order valence-corrected chi connectivity index (χ4v) is 15.8. The molecule has 2 rings (SSSR count). The van der Waals surface area contributed by atoms with Crippen LogP contribution < -0.4 is 0 Å². The van der Waals surface area contributed by atoms with Crippen molar-refractivity contribution in [2.45, 2.75) is 141 Å². The summed E-state index contributed by atoms with van der Waals surface area (Å²) in [5.74, 6) is 6.58. The molecule has 0 aliphatic heterocycles. The lowest BCUT2D eigenvalue weighted by Gasteiger charge is -2.52. The summed E-state index contributed by atoms with van der Waals surface area (Å²) in [5.41, 5.74) is 2.01. The minimum absolute atomic E-state index is 0.0239. The van der Waals surface area contributed by atoms with Crippen molar-refractivity contribution < 1.29 is 27.4 Å². The summed E-state index contributed by atoms with van der Waals surface area (Å²) in [6, 6.07) is 9.78. The average molecular weight is 733 g/mol. The predicted octanol–water partition coefficient (Wildman–Crippen LogP) is 9.66. The molecule has 6 nitrogen and oxygen atoms in total. The highest BCUT2D eigenvalue weighted by Crippen LogP contribution is 2.52. The number of hydrogen-bond donors (Lipinski definition) is 1. The standard InChI is InChI=1S/C40H68O6SSi2/c1-30(2)49(31(3)4,32(5)6)46-37(23-19-14-16-20-33(7)27-41)39-35(9)40(10,28-47(42,43)36-21-17-15-18-22-36)34(8)26-38(39)45-29-44-24-25-48(11,12)13/h15,17-18,20-22,30-32,34,37-39,41H,9,14,16,24-29H2,1-8,10-13H3/b33-20+/t34-,37+,38+,39-,40+/m1/s1. The third kappa shape index (κ3) is 11.7. The topological polar surface area (TPSA) is 82.1 Å². The third-order valence-electron chi connectivity index (χ3n) is 10.8. The molecule has 1 fully saturated rings. The van der Waals surface area contributed by atoms with Crippen LogP contribution in [0.1, 0.15) is 81.6 Å². The van der Waals surface area contributed by atoms with Crippen molar-refractivity contribution in [3.8, 4) is 11.8 Å². The van der Waals surface area contributed by atoms with Crippen LogP contribution in [-0.4, -0.2) is 67.9 Å². The van der Waals surface area contributed by atoms with Gasteiger partial charge in [-0.05, 0) is 60.5 Å². The van der Waals surface area contributed by atoms with Gasteiger partial charge in [0.1, 0.15) is 12.9 Å². The van der Waals surface area contributed by atoms with E-state index in [1.807, 2.05) is 19.1 Å². The summed E-state index contributed by atoms with van der Waals surface area (Å²) in [6.07, 6.45) is 3.20. The highest BCUT2D eigenvalue weighted by Gasteiger charge is 2.54. The van der Waals surface area contributed by atoms with E-state index in [9.17, 15) is 13.5 Å². The zero-order valence-corrected chi connectivity index (χ0v) is 35.6. The molecule has 0 unspecified atom stereocenters. The van der Waals surface area contributed by atoms with Crippen LogP contribution in [0, 0.1) is 29.1 Å². The van der Waals surface area contributed by atoms with Gasteiger partial charge in [0.15, 0.2) is 9.84 Å². The summed E-state index contributed by atoms with van der Waals surface area (Å²) in [4.78, 5) is 0.326. The van der Waals surface area contributed by atoms with Crippen LogP contribution in [0.3, 0.4) is 0 Å². The van der Waals surface area contributed by atoms with Crippen molar-refractivity contribution in [1.29, 1.82) is 0 Å². The number of ether oxygens (including phenoxy) is 2. The fraction of sp³-hybridized carbons (Fsp3) is 0.700. The van der Waals surface area contributed by atoms with Crippen LogP contribution in [0.4, 0.5) is 0 Å². The smallest absolute Gasteiger partial charge is 0.202 e. The van der Waals surface area contributed by atoms with Crippen molar-refractivity contribution >= 4 is 26.2 Å². The van der Waals surface area contributed by atoms with Crippen LogP contribution in [-0.2, 0) is 23.7 Å². The second-order valence-electron chi connectivity index (χ2n) is 16.6. The van der Waals surface area contributed by atoms with Gasteiger partial charge in [-0.15, -0.1) is 5.92 Å². The van der Waals surface area contributed by atoms with Gasteiger partial charge >= 0.3 is 0 Å². The van der Waals surface area contributed by atoms with E-state index in [4.69, 9.17) is 20.5 Å². The van der Waals surface area contributed by atoms with Crippen molar-refractivity contribution in [3.05, 3.63) is 54.1 Å². The van der Waals surface area contributed by atoms with Gasteiger partial charge in [0.25, 0.3) is 0 Å². The Morgan fingerprint density at radius 1 is 1.08 bits per heavy atom. The van der Waals surface area contributed by atoms with E-state index in [0.717, 1.165) is 23.6 Å². The number of hydrogen-bond acceptors (Lipinski definition) is 6. The van der Waals surface area contributed by atoms with Crippen LogP contribution in [0.2, 0.25) is 42.3 Å². The van der Waals surface area contributed by atoms with E-state index in [1.165, 1.54) is 0 Å². The minimum Gasteiger partial charge on any atom is -0.402 e. The monoisotopic (exact) mass is 732 g/mol. The fourth-order valence-electron chi connectivity index (χ4n) is 7.59. The van der Waals surface area contributed by atoms with Gasteiger partial charge in [-0.25, -0.2) is 8.42 Å². The Hall–Kier alpha value is -1.52. The molecular weight excluding hydrogens is 665 g/mol. The highest BCUT2D eigenvalue weighted by molar-refractivity contribution is 7.91. The van der Waals surface area contributed by atoms with Crippen LogP contribution >= 0.6 is 0 Å². The molecular formula is C40H68O6SSi2. The Labute approximate surface area is 302 Å². The molecule has 0 saturated heterocycles. The lowest BCUT2D eigenvalue weighted by Crippen LogP contribution is -2.56. The van der Waals surface area contributed by atoms with Crippen LogP contribution in [0.25, 0.3) is 0 Å². The van der Waals surface area contributed by atoms with Gasteiger partial charge in [-0.1, -0.05) is 123 Å². The Balaban J connectivity index is 2.67. The molecule has 49 heavy (non-hydrogen) atoms. The SMILES string of the molecule is C=C1[C@H]([C@H](C#CCC/C=C(\C)CO)O[Si](C(C)C)(C(C)C)C(C)C)[C@@H](OCOCC[Si](C)(C)C)C[C@@H](C)[C@]1(C)CS(=O)(=O)c1ccccc1. The number of aliphatic hydroxyl groups is 1. The Kier molecular flexibility index (Phi) is 16.8. The molecule has 0 radical (unpaired) electrons. The van der Waals surface area contributed by atoms with Crippen molar-refractivity contribution in [3.63, 3.8) is 0 Å². The third-order valence-corrected chi connectivity index (χ3v) is 20.5. The van der Waals surface area contributed by atoms with Crippen molar-refractivity contribution in [2.75, 3.05) is 25.8 Å². The molecule has 278 valence electrons. The van der Waals surface area contributed by atoms with Gasteiger partial charge in [-0.3, -0.25) is 0 Å². The second-order valence-corrected chi connectivity index (χ2v) is 29.7. The van der Waals surface area contributed by atoms with Gasteiger partial charge in [0.05, 0.1) is 23.4 Å². The molecule has 1 aromatic carbocycles. The van der Waals surface area contributed by atoms with Crippen LogP contribution in [0.15, 0.2) is 59.0 Å². The zero-order valence-electron chi connectivity index (χ0n) is 32.8. The molecule has 9 heteroatoms. The number of aliphatic hydroxyl groups excluding tert-OH is 1. The summed E-state index contributed by atoms with van der Waals surface area (Å²) in [7, 11) is -7.32. The van der Waals surface area contributed by atoms with Crippen molar-refractivity contribution in [1.82, 2.24) is 0 Å². The summed E-state index contributed by atoms with van der Waals surface area (Å²) in [6.45, 7) is 32.3. The molecule has 0 heterocycles. The number of sulfone groups is 1. The normalized spacial score (nSPS) is 23.2. The quantitative estimate of drug-likeness (QED) is 0.0532. The predicted molar refractivity (Wildman–Crippen MR) is 211 cm³/mol. The minimum atomic E-state index is -3.62. The first kappa shape index (κ1) is 43.6. The molecule has 5 atom stereocenters. The van der Waals surface area contributed by atoms with Gasteiger partial charge in [-0.2, -0.15) is 0 Å². The summed E-state index contributed by atoms with van der Waals surface area (Å²) in [5, 5.41) is 9.47. The van der Waals surface area contributed by atoms with E-state index >= 15 is 0 Å². The van der Waals surface area contributed by atoms with E-state index in [2.05, 4.69) is 86.9 Å². The molecule has 0 bridgehead atoms. The molecule has 0 amide bonds.